The van der Waals surface area contributed by atoms with Crippen LogP contribution in [0.4, 0.5) is 0 Å². The lowest BCUT2D eigenvalue weighted by atomic mass is 10.0. The fourth-order valence-electron chi connectivity index (χ4n) is 2.43. The lowest BCUT2D eigenvalue weighted by Crippen LogP contribution is -2.33. The van der Waals surface area contributed by atoms with Crippen LogP contribution in [0.2, 0.25) is 0 Å². The lowest BCUT2D eigenvalue weighted by Gasteiger charge is -2.18. The summed E-state index contributed by atoms with van der Waals surface area (Å²) < 4.78 is 0. The summed E-state index contributed by atoms with van der Waals surface area (Å²) in [6, 6.07) is 17.7. The Bertz CT molecular complexity index is 687. The maximum absolute atomic E-state index is 12.2. The van der Waals surface area contributed by atoms with Crippen molar-refractivity contribution in [3.8, 4) is 0 Å². The Morgan fingerprint density at radius 1 is 1.04 bits per heavy atom. The lowest BCUT2D eigenvalue weighted by molar-refractivity contribution is -0.122. The molecule has 2 aromatic rings. The van der Waals surface area contributed by atoms with Gasteiger partial charge in [-0.05, 0) is 24.6 Å². The Labute approximate surface area is 153 Å². The molecule has 0 saturated heterocycles. The van der Waals surface area contributed by atoms with Crippen molar-refractivity contribution < 1.29 is 9.59 Å². The van der Waals surface area contributed by atoms with Crippen molar-refractivity contribution in [2.24, 2.45) is 0 Å². The molecule has 0 fully saturated rings. The number of thioether (sulfide) groups is 1. The van der Waals surface area contributed by atoms with E-state index in [9.17, 15) is 9.59 Å². The van der Waals surface area contributed by atoms with E-state index in [1.165, 1.54) is 11.8 Å². The smallest absolute Gasteiger partial charge is 0.222 e. The zero-order chi connectivity index (χ0) is 18.1. The van der Waals surface area contributed by atoms with Crippen LogP contribution in [0.1, 0.15) is 30.5 Å². The van der Waals surface area contributed by atoms with Crippen LogP contribution in [-0.2, 0) is 9.59 Å². The molecule has 1 atom stereocenters. The van der Waals surface area contributed by atoms with E-state index < -0.39 is 0 Å². The van der Waals surface area contributed by atoms with Gasteiger partial charge in [0.2, 0.25) is 11.8 Å². The normalized spacial score (nSPS) is 11.6. The number of benzene rings is 2. The molecule has 0 bridgehead atoms. The molecule has 0 aliphatic carbocycles. The van der Waals surface area contributed by atoms with E-state index in [0.29, 0.717) is 6.54 Å². The number of carbonyl (C=O) groups is 2. The number of carbonyl (C=O) groups excluding carboxylic acids is 2. The highest BCUT2D eigenvalue weighted by atomic mass is 32.2. The van der Waals surface area contributed by atoms with Crippen LogP contribution in [0.25, 0.3) is 0 Å². The molecule has 0 aliphatic heterocycles. The highest BCUT2D eigenvalue weighted by Crippen LogP contribution is 2.18. The van der Waals surface area contributed by atoms with E-state index in [2.05, 4.69) is 22.8 Å². The predicted octanol–water partition coefficient (Wildman–Crippen LogP) is 3.47. The summed E-state index contributed by atoms with van der Waals surface area (Å²) >= 11 is 1.71. The maximum atomic E-state index is 12.2. The number of hydrogen-bond acceptors (Lipinski definition) is 3. The van der Waals surface area contributed by atoms with Gasteiger partial charge in [0.15, 0.2) is 0 Å². The van der Waals surface area contributed by atoms with Gasteiger partial charge in [-0.1, -0.05) is 48.0 Å². The molecule has 132 valence electrons. The van der Waals surface area contributed by atoms with Gasteiger partial charge in [0, 0.05) is 24.1 Å². The Morgan fingerprint density at radius 3 is 2.36 bits per heavy atom. The van der Waals surface area contributed by atoms with Crippen molar-refractivity contribution in [1.82, 2.24) is 10.6 Å². The Balaban J connectivity index is 1.82. The highest BCUT2D eigenvalue weighted by molar-refractivity contribution is 7.99. The molecule has 0 radical (unpaired) electrons. The number of amides is 2. The molecular weight excluding hydrogens is 332 g/mol. The summed E-state index contributed by atoms with van der Waals surface area (Å²) in [6.45, 7) is 4.07. The zero-order valence-corrected chi connectivity index (χ0v) is 15.4. The Kier molecular flexibility index (Phi) is 7.54. The summed E-state index contributed by atoms with van der Waals surface area (Å²) in [5.74, 6) is 0.608. The average Bonchev–Trinajstić information content (AvgIpc) is 2.59. The molecule has 2 aromatic carbocycles. The molecule has 5 heteroatoms. The van der Waals surface area contributed by atoms with Crippen LogP contribution >= 0.6 is 11.8 Å². The SMILES string of the molecule is CC(=O)NC(CC(=O)NCCSc1ccccc1)c1ccc(C)cc1. The molecule has 2 N–H and O–H groups in total. The molecule has 4 nitrogen and oxygen atoms in total. The van der Waals surface area contributed by atoms with Gasteiger partial charge in [-0.3, -0.25) is 9.59 Å². The molecule has 2 amide bonds. The Morgan fingerprint density at radius 2 is 1.72 bits per heavy atom. The van der Waals surface area contributed by atoms with Crippen molar-refractivity contribution in [3.63, 3.8) is 0 Å². The van der Waals surface area contributed by atoms with Gasteiger partial charge in [-0.25, -0.2) is 0 Å². The van der Waals surface area contributed by atoms with Crippen LogP contribution < -0.4 is 10.6 Å². The summed E-state index contributed by atoms with van der Waals surface area (Å²) in [5, 5.41) is 5.78. The van der Waals surface area contributed by atoms with Gasteiger partial charge >= 0.3 is 0 Å². The fourth-order valence-corrected chi connectivity index (χ4v) is 3.22. The first-order valence-corrected chi connectivity index (χ1v) is 9.31. The van der Waals surface area contributed by atoms with Gasteiger partial charge in [0.05, 0.1) is 12.5 Å². The first-order valence-electron chi connectivity index (χ1n) is 8.33. The third-order valence-electron chi connectivity index (χ3n) is 3.68. The standard InChI is InChI=1S/C20H24N2O2S/c1-15-8-10-17(11-9-15)19(22-16(2)23)14-20(24)21-12-13-25-18-6-4-3-5-7-18/h3-11,19H,12-14H2,1-2H3,(H,21,24)(H,22,23). The van der Waals surface area contributed by atoms with Gasteiger partial charge in [0.25, 0.3) is 0 Å². The van der Waals surface area contributed by atoms with E-state index in [1.54, 1.807) is 11.8 Å². The third kappa shape index (κ3) is 7.01. The van der Waals surface area contributed by atoms with E-state index in [1.807, 2.05) is 49.4 Å². The first-order chi connectivity index (χ1) is 12.0. The van der Waals surface area contributed by atoms with Crippen molar-refractivity contribution in [2.75, 3.05) is 12.3 Å². The summed E-state index contributed by atoms with van der Waals surface area (Å²) in [6.07, 6.45) is 0.235. The van der Waals surface area contributed by atoms with Crippen molar-refractivity contribution >= 4 is 23.6 Å². The Hall–Kier alpha value is -2.27. The molecule has 0 spiro atoms. The number of hydrogen-bond donors (Lipinski definition) is 2. The minimum absolute atomic E-state index is 0.0620. The van der Waals surface area contributed by atoms with E-state index in [-0.39, 0.29) is 24.3 Å². The van der Waals surface area contributed by atoms with Gasteiger partial charge in [0.1, 0.15) is 0 Å². The van der Waals surface area contributed by atoms with Crippen molar-refractivity contribution in [1.29, 1.82) is 0 Å². The van der Waals surface area contributed by atoms with Crippen LogP contribution in [-0.4, -0.2) is 24.1 Å². The van der Waals surface area contributed by atoms with Crippen molar-refractivity contribution in [3.05, 3.63) is 65.7 Å². The number of rotatable bonds is 8. The quantitative estimate of drug-likeness (QED) is 0.562. The predicted molar refractivity (Wildman–Crippen MR) is 103 cm³/mol. The van der Waals surface area contributed by atoms with Crippen LogP contribution in [0, 0.1) is 6.92 Å². The van der Waals surface area contributed by atoms with E-state index in [4.69, 9.17) is 0 Å². The second-order valence-electron chi connectivity index (χ2n) is 5.88. The van der Waals surface area contributed by atoms with Crippen molar-refractivity contribution in [2.45, 2.75) is 31.2 Å². The summed E-state index contributed by atoms with van der Waals surface area (Å²) in [5.41, 5.74) is 2.09. The second-order valence-corrected chi connectivity index (χ2v) is 7.05. The van der Waals surface area contributed by atoms with Crippen LogP contribution in [0.15, 0.2) is 59.5 Å². The third-order valence-corrected chi connectivity index (χ3v) is 4.70. The molecule has 0 saturated carbocycles. The molecule has 0 heterocycles. The fraction of sp³-hybridized carbons (Fsp3) is 0.300. The van der Waals surface area contributed by atoms with E-state index in [0.717, 1.165) is 16.9 Å². The van der Waals surface area contributed by atoms with Crippen LogP contribution in [0.5, 0.6) is 0 Å². The largest absolute Gasteiger partial charge is 0.355 e. The molecule has 25 heavy (non-hydrogen) atoms. The minimum Gasteiger partial charge on any atom is -0.355 e. The average molecular weight is 356 g/mol. The van der Waals surface area contributed by atoms with Gasteiger partial charge in [-0.15, -0.1) is 11.8 Å². The zero-order valence-electron chi connectivity index (χ0n) is 14.6. The molecule has 1 unspecified atom stereocenters. The van der Waals surface area contributed by atoms with Gasteiger partial charge in [-0.2, -0.15) is 0 Å². The minimum atomic E-state index is -0.306. The molecule has 0 aromatic heterocycles. The second kappa shape index (κ2) is 9.89. The molecule has 0 aliphatic rings. The summed E-state index contributed by atoms with van der Waals surface area (Å²) in [4.78, 5) is 24.8. The topological polar surface area (TPSA) is 58.2 Å². The van der Waals surface area contributed by atoms with E-state index >= 15 is 0 Å². The molecule has 2 rings (SSSR count). The highest BCUT2D eigenvalue weighted by Gasteiger charge is 2.16. The number of aryl methyl sites for hydroxylation is 1. The van der Waals surface area contributed by atoms with Gasteiger partial charge < -0.3 is 10.6 Å². The first kappa shape index (κ1) is 19.1. The maximum Gasteiger partial charge on any atom is 0.222 e. The monoisotopic (exact) mass is 356 g/mol. The summed E-state index contributed by atoms with van der Waals surface area (Å²) in [7, 11) is 0. The number of nitrogens with one attached hydrogen (secondary N) is 2. The van der Waals surface area contributed by atoms with Crippen LogP contribution in [0.3, 0.4) is 0 Å². The molecular formula is C20H24N2O2S.